The first-order valence-corrected chi connectivity index (χ1v) is 6.63. The Morgan fingerprint density at radius 2 is 2.05 bits per heavy atom. The molecule has 0 aliphatic carbocycles. The van der Waals surface area contributed by atoms with Crippen LogP contribution < -0.4 is 10.1 Å². The average molecular weight is 279 g/mol. The highest BCUT2D eigenvalue weighted by Gasteiger charge is 2.21. The minimum absolute atomic E-state index is 0.299. The van der Waals surface area contributed by atoms with Crippen molar-refractivity contribution in [3.8, 4) is 5.75 Å². The van der Waals surface area contributed by atoms with Crippen LogP contribution in [0.1, 0.15) is 36.2 Å². The minimum Gasteiger partial charge on any atom is -0.496 e. The number of benzene rings is 1. The molecule has 0 heterocycles. The standard InChI is InChI=1S/C15H21NO4/c1-5-8-16-14(17)11(3)20-15(18)12-9-10(2)6-7-13(12)19-4/h6-7,9,11H,5,8H2,1-4H3,(H,16,17)/t11-/m0/s1. The van der Waals surface area contributed by atoms with Gasteiger partial charge in [-0.2, -0.15) is 0 Å². The second kappa shape index (κ2) is 7.53. The van der Waals surface area contributed by atoms with E-state index >= 15 is 0 Å². The fraction of sp³-hybridized carbons (Fsp3) is 0.467. The van der Waals surface area contributed by atoms with E-state index in [2.05, 4.69) is 5.32 Å². The number of hydrogen-bond acceptors (Lipinski definition) is 4. The van der Waals surface area contributed by atoms with Crippen LogP contribution in [0, 0.1) is 6.92 Å². The summed E-state index contributed by atoms with van der Waals surface area (Å²) in [5.41, 5.74) is 1.24. The monoisotopic (exact) mass is 279 g/mol. The topological polar surface area (TPSA) is 64.6 Å². The van der Waals surface area contributed by atoms with Gasteiger partial charge in [-0.15, -0.1) is 0 Å². The van der Waals surface area contributed by atoms with Gasteiger partial charge in [0.05, 0.1) is 7.11 Å². The molecule has 0 aliphatic heterocycles. The molecule has 0 fully saturated rings. The molecular formula is C15H21NO4. The largest absolute Gasteiger partial charge is 0.496 e. The zero-order valence-corrected chi connectivity index (χ0v) is 12.4. The van der Waals surface area contributed by atoms with Crippen molar-refractivity contribution in [2.24, 2.45) is 0 Å². The van der Waals surface area contributed by atoms with Crippen molar-refractivity contribution in [3.63, 3.8) is 0 Å². The number of hydrogen-bond donors (Lipinski definition) is 1. The number of esters is 1. The second-order valence-corrected chi connectivity index (χ2v) is 4.54. The molecule has 0 radical (unpaired) electrons. The fourth-order valence-corrected chi connectivity index (χ4v) is 1.65. The molecular weight excluding hydrogens is 258 g/mol. The van der Waals surface area contributed by atoms with E-state index in [-0.39, 0.29) is 5.91 Å². The molecule has 1 aromatic carbocycles. The Hall–Kier alpha value is -2.04. The normalized spacial score (nSPS) is 11.6. The highest BCUT2D eigenvalue weighted by Crippen LogP contribution is 2.21. The lowest BCUT2D eigenvalue weighted by Crippen LogP contribution is -2.36. The molecule has 5 heteroatoms. The van der Waals surface area contributed by atoms with Crippen molar-refractivity contribution in [1.82, 2.24) is 5.32 Å². The molecule has 1 amide bonds. The van der Waals surface area contributed by atoms with Gasteiger partial charge in [-0.3, -0.25) is 4.79 Å². The van der Waals surface area contributed by atoms with E-state index in [1.54, 1.807) is 19.1 Å². The smallest absolute Gasteiger partial charge is 0.342 e. The Kier molecular flexibility index (Phi) is 6.03. The number of ether oxygens (including phenoxy) is 2. The number of methoxy groups -OCH3 is 1. The van der Waals surface area contributed by atoms with Gasteiger partial charge in [-0.05, 0) is 32.4 Å². The molecule has 1 atom stereocenters. The molecule has 0 spiro atoms. The van der Waals surface area contributed by atoms with Crippen LogP contribution in [0.2, 0.25) is 0 Å². The Bertz CT molecular complexity index is 485. The Morgan fingerprint density at radius 3 is 2.65 bits per heavy atom. The van der Waals surface area contributed by atoms with E-state index in [9.17, 15) is 9.59 Å². The van der Waals surface area contributed by atoms with Gasteiger partial charge in [0.1, 0.15) is 11.3 Å². The Morgan fingerprint density at radius 1 is 1.35 bits per heavy atom. The van der Waals surface area contributed by atoms with Crippen LogP contribution >= 0.6 is 0 Å². The third kappa shape index (κ3) is 4.26. The van der Waals surface area contributed by atoms with Crippen molar-refractivity contribution in [2.75, 3.05) is 13.7 Å². The first-order chi connectivity index (χ1) is 9.49. The minimum atomic E-state index is -0.834. The molecule has 0 saturated heterocycles. The summed E-state index contributed by atoms with van der Waals surface area (Å²) < 4.78 is 10.3. The number of rotatable bonds is 6. The van der Waals surface area contributed by atoms with Crippen LogP contribution in [-0.2, 0) is 9.53 Å². The molecule has 0 saturated carbocycles. The summed E-state index contributed by atoms with van der Waals surface area (Å²) in [5, 5.41) is 2.68. The van der Waals surface area contributed by atoms with E-state index in [0.717, 1.165) is 12.0 Å². The average Bonchev–Trinajstić information content (AvgIpc) is 2.44. The summed E-state index contributed by atoms with van der Waals surface area (Å²) in [7, 11) is 1.48. The van der Waals surface area contributed by atoms with Gasteiger partial charge in [0.25, 0.3) is 5.91 Å². The SMILES string of the molecule is CCCNC(=O)[C@H](C)OC(=O)c1cc(C)ccc1OC. The van der Waals surface area contributed by atoms with E-state index in [1.807, 2.05) is 19.9 Å². The molecule has 0 bridgehead atoms. The number of carbonyl (C=O) groups excluding carboxylic acids is 2. The lowest BCUT2D eigenvalue weighted by molar-refractivity contribution is -0.129. The predicted octanol–water partition coefficient (Wildman–Crippen LogP) is 2.08. The summed E-state index contributed by atoms with van der Waals surface area (Å²) >= 11 is 0. The molecule has 1 N–H and O–H groups in total. The zero-order valence-electron chi connectivity index (χ0n) is 12.4. The fourth-order valence-electron chi connectivity index (χ4n) is 1.65. The molecule has 0 aromatic heterocycles. The lowest BCUT2D eigenvalue weighted by Gasteiger charge is -2.14. The Labute approximate surface area is 119 Å². The maximum Gasteiger partial charge on any atom is 0.342 e. The van der Waals surface area contributed by atoms with E-state index in [4.69, 9.17) is 9.47 Å². The molecule has 20 heavy (non-hydrogen) atoms. The molecule has 110 valence electrons. The van der Waals surface area contributed by atoms with Crippen molar-refractivity contribution < 1.29 is 19.1 Å². The second-order valence-electron chi connectivity index (χ2n) is 4.54. The molecule has 0 aliphatic rings. The van der Waals surface area contributed by atoms with Gasteiger partial charge >= 0.3 is 5.97 Å². The third-order valence-electron chi connectivity index (χ3n) is 2.78. The van der Waals surface area contributed by atoms with Gasteiger partial charge in [0, 0.05) is 6.54 Å². The quantitative estimate of drug-likeness (QED) is 0.810. The van der Waals surface area contributed by atoms with Gasteiger partial charge in [-0.1, -0.05) is 18.6 Å². The predicted molar refractivity (Wildman–Crippen MR) is 75.9 cm³/mol. The maximum atomic E-state index is 12.1. The number of aryl methyl sites for hydroxylation is 1. The molecule has 1 aromatic rings. The van der Waals surface area contributed by atoms with Crippen molar-refractivity contribution in [2.45, 2.75) is 33.3 Å². The number of amides is 1. The highest BCUT2D eigenvalue weighted by atomic mass is 16.5. The third-order valence-corrected chi connectivity index (χ3v) is 2.78. The molecule has 5 nitrogen and oxygen atoms in total. The summed E-state index contributed by atoms with van der Waals surface area (Å²) in [6.07, 6.45) is -0.00255. The van der Waals surface area contributed by atoms with Gasteiger partial charge in [0.15, 0.2) is 6.10 Å². The van der Waals surface area contributed by atoms with Crippen molar-refractivity contribution in [1.29, 1.82) is 0 Å². The van der Waals surface area contributed by atoms with Crippen LogP contribution in [0.4, 0.5) is 0 Å². The van der Waals surface area contributed by atoms with E-state index in [1.165, 1.54) is 7.11 Å². The summed E-state index contributed by atoms with van der Waals surface area (Å²) in [6, 6.07) is 5.22. The van der Waals surface area contributed by atoms with Crippen LogP contribution in [0.25, 0.3) is 0 Å². The first-order valence-electron chi connectivity index (χ1n) is 6.63. The molecule has 0 unspecified atom stereocenters. The molecule has 1 rings (SSSR count). The Balaban J connectivity index is 2.75. The first kappa shape index (κ1) is 16.0. The van der Waals surface area contributed by atoms with Crippen LogP contribution in [-0.4, -0.2) is 31.6 Å². The lowest BCUT2D eigenvalue weighted by atomic mass is 10.1. The van der Waals surface area contributed by atoms with E-state index in [0.29, 0.717) is 17.9 Å². The number of nitrogens with one attached hydrogen (secondary N) is 1. The van der Waals surface area contributed by atoms with Crippen LogP contribution in [0.5, 0.6) is 5.75 Å². The highest BCUT2D eigenvalue weighted by molar-refractivity contribution is 5.94. The number of carbonyl (C=O) groups is 2. The summed E-state index contributed by atoms with van der Waals surface area (Å²) in [4.78, 5) is 23.8. The van der Waals surface area contributed by atoms with Crippen LogP contribution in [0.3, 0.4) is 0 Å². The van der Waals surface area contributed by atoms with Gasteiger partial charge < -0.3 is 14.8 Å². The zero-order chi connectivity index (χ0) is 15.1. The van der Waals surface area contributed by atoms with Crippen molar-refractivity contribution in [3.05, 3.63) is 29.3 Å². The summed E-state index contributed by atoms with van der Waals surface area (Å²) in [5.74, 6) is -0.432. The summed E-state index contributed by atoms with van der Waals surface area (Å²) in [6.45, 7) is 5.93. The van der Waals surface area contributed by atoms with E-state index < -0.39 is 12.1 Å². The van der Waals surface area contributed by atoms with Gasteiger partial charge in [-0.25, -0.2) is 4.79 Å². The van der Waals surface area contributed by atoms with Crippen molar-refractivity contribution >= 4 is 11.9 Å². The van der Waals surface area contributed by atoms with Gasteiger partial charge in [0.2, 0.25) is 0 Å². The van der Waals surface area contributed by atoms with Crippen LogP contribution in [0.15, 0.2) is 18.2 Å². The maximum absolute atomic E-state index is 12.1.